The van der Waals surface area contributed by atoms with Crippen LogP contribution in [0.3, 0.4) is 0 Å². The van der Waals surface area contributed by atoms with E-state index in [4.69, 9.17) is 0 Å². The largest absolute Gasteiger partial charge is 0.468 e. The van der Waals surface area contributed by atoms with Crippen molar-refractivity contribution in [2.24, 2.45) is 0 Å². The zero-order valence-electron chi connectivity index (χ0n) is 10.9. The normalized spacial score (nSPS) is 10.4. The Kier molecular flexibility index (Phi) is 6.00. The van der Waals surface area contributed by atoms with Crippen molar-refractivity contribution >= 4 is 43.7 Å². The second-order valence-corrected chi connectivity index (χ2v) is 6.09. The fraction of sp³-hybridized carbons (Fsp3) is 0.385. The molecule has 0 bridgehead atoms. The number of amides is 1. The van der Waals surface area contributed by atoms with E-state index in [0.717, 1.165) is 8.95 Å². The Morgan fingerprint density at radius 2 is 1.74 bits per heavy atom. The molecule has 0 spiro atoms. The number of carbonyl (C=O) groups is 2. The van der Waals surface area contributed by atoms with E-state index in [1.54, 1.807) is 12.1 Å². The molecule has 0 aliphatic rings. The predicted molar refractivity (Wildman–Crippen MR) is 80.0 cm³/mol. The third kappa shape index (κ3) is 4.62. The molecule has 0 fully saturated rings. The lowest BCUT2D eigenvalue weighted by molar-refractivity contribution is -0.141. The van der Waals surface area contributed by atoms with E-state index in [1.165, 1.54) is 12.0 Å². The zero-order valence-corrected chi connectivity index (χ0v) is 14.1. The first kappa shape index (κ1) is 16.2. The molecule has 19 heavy (non-hydrogen) atoms. The Balaban J connectivity index is 3.02. The number of ether oxygens (including phenoxy) is 1. The standard InChI is InChI=1S/C13H15Br2NO3/c1-8(2)16(7-12(17)19-3)13(18)9-4-10(14)6-11(15)5-9/h4-6,8H,7H2,1-3H3. The number of hydrogen-bond acceptors (Lipinski definition) is 3. The number of nitrogens with zero attached hydrogens (tertiary/aromatic N) is 1. The maximum atomic E-state index is 12.4. The molecule has 1 aromatic rings. The highest BCUT2D eigenvalue weighted by Crippen LogP contribution is 2.21. The summed E-state index contributed by atoms with van der Waals surface area (Å²) in [5.41, 5.74) is 0.513. The second kappa shape index (κ2) is 7.05. The van der Waals surface area contributed by atoms with Gasteiger partial charge in [-0.25, -0.2) is 0 Å². The summed E-state index contributed by atoms with van der Waals surface area (Å²) in [7, 11) is 1.31. The lowest BCUT2D eigenvalue weighted by atomic mass is 10.1. The summed E-state index contributed by atoms with van der Waals surface area (Å²) in [6, 6.07) is 5.19. The molecule has 0 aliphatic heterocycles. The fourth-order valence-electron chi connectivity index (χ4n) is 1.54. The number of hydrogen-bond donors (Lipinski definition) is 0. The molecule has 0 radical (unpaired) electrons. The van der Waals surface area contributed by atoms with Crippen LogP contribution in [0.25, 0.3) is 0 Å². The van der Waals surface area contributed by atoms with Crippen LogP contribution < -0.4 is 0 Å². The lowest BCUT2D eigenvalue weighted by Crippen LogP contribution is -2.41. The Hall–Kier alpha value is -0.880. The Labute approximate surface area is 129 Å². The van der Waals surface area contributed by atoms with Gasteiger partial charge in [-0.2, -0.15) is 0 Å². The summed E-state index contributed by atoms with van der Waals surface area (Å²) in [5, 5.41) is 0. The van der Waals surface area contributed by atoms with Crippen molar-refractivity contribution in [2.45, 2.75) is 19.9 Å². The molecule has 0 aliphatic carbocycles. The van der Waals surface area contributed by atoms with Crippen molar-refractivity contribution in [3.63, 3.8) is 0 Å². The fourth-order valence-corrected chi connectivity index (χ4v) is 2.83. The highest BCUT2D eigenvalue weighted by atomic mass is 79.9. The van der Waals surface area contributed by atoms with Gasteiger partial charge in [-0.05, 0) is 32.0 Å². The summed E-state index contributed by atoms with van der Waals surface area (Å²) in [4.78, 5) is 25.3. The topological polar surface area (TPSA) is 46.6 Å². The molecular weight excluding hydrogens is 378 g/mol. The predicted octanol–water partition coefficient (Wildman–Crippen LogP) is 3.24. The first-order chi connectivity index (χ1) is 8.85. The maximum absolute atomic E-state index is 12.4. The van der Waals surface area contributed by atoms with Gasteiger partial charge in [0.2, 0.25) is 0 Å². The van der Waals surface area contributed by atoms with Gasteiger partial charge in [-0.15, -0.1) is 0 Å². The minimum atomic E-state index is -0.434. The highest BCUT2D eigenvalue weighted by molar-refractivity contribution is 9.11. The van der Waals surface area contributed by atoms with Gasteiger partial charge in [-0.1, -0.05) is 31.9 Å². The Morgan fingerprint density at radius 1 is 1.21 bits per heavy atom. The van der Waals surface area contributed by atoms with Gasteiger partial charge < -0.3 is 9.64 Å². The molecule has 0 saturated heterocycles. The van der Waals surface area contributed by atoms with Crippen molar-refractivity contribution in [2.75, 3.05) is 13.7 Å². The molecule has 1 aromatic carbocycles. The van der Waals surface area contributed by atoms with Crippen LogP contribution in [0.1, 0.15) is 24.2 Å². The zero-order chi connectivity index (χ0) is 14.6. The lowest BCUT2D eigenvalue weighted by Gasteiger charge is -2.25. The van der Waals surface area contributed by atoms with Gasteiger partial charge in [0.1, 0.15) is 6.54 Å². The van der Waals surface area contributed by atoms with E-state index in [1.807, 2.05) is 19.9 Å². The van der Waals surface area contributed by atoms with E-state index in [-0.39, 0.29) is 18.5 Å². The van der Waals surface area contributed by atoms with Gasteiger partial charge in [-0.3, -0.25) is 9.59 Å². The second-order valence-electron chi connectivity index (χ2n) is 4.26. The molecule has 0 N–H and O–H groups in total. The third-order valence-corrected chi connectivity index (χ3v) is 3.44. The van der Waals surface area contributed by atoms with Crippen LogP contribution in [0.5, 0.6) is 0 Å². The van der Waals surface area contributed by atoms with Crippen molar-refractivity contribution in [3.8, 4) is 0 Å². The van der Waals surface area contributed by atoms with E-state index >= 15 is 0 Å². The molecule has 6 heteroatoms. The van der Waals surface area contributed by atoms with Crippen molar-refractivity contribution in [3.05, 3.63) is 32.7 Å². The molecule has 0 heterocycles. The van der Waals surface area contributed by atoms with Crippen LogP contribution in [0.4, 0.5) is 0 Å². The van der Waals surface area contributed by atoms with E-state index in [0.29, 0.717) is 5.56 Å². The minimum absolute atomic E-state index is 0.0584. The molecule has 1 rings (SSSR count). The number of halogens is 2. The van der Waals surface area contributed by atoms with Gasteiger partial charge in [0.15, 0.2) is 0 Å². The van der Waals surface area contributed by atoms with Crippen LogP contribution in [0, 0.1) is 0 Å². The first-order valence-corrected chi connectivity index (χ1v) is 7.27. The summed E-state index contributed by atoms with van der Waals surface area (Å²) in [6.45, 7) is 3.65. The summed E-state index contributed by atoms with van der Waals surface area (Å²) < 4.78 is 6.21. The first-order valence-electron chi connectivity index (χ1n) is 5.69. The Bertz CT molecular complexity index is 469. The van der Waals surface area contributed by atoms with Gasteiger partial charge >= 0.3 is 5.97 Å². The van der Waals surface area contributed by atoms with Crippen LogP contribution in [0.15, 0.2) is 27.1 Å². The van der Waals surface area contributed by atoms with Crippen molar-refractivity contribution in [1.29, 1.82) is 0 Å². The van der Waals surface area contributed by atoms with E-state index < -0.39 is 5.97 Å². The van der Waals surface area contributed by atoms with Gasteiger partial charge in [0.25, 0.3) is 5.91 Å². The number of rotatable bonds is 4. The monoisotopic (exact) mass is 391 g/mol. The SMILES string of the molecule is COC(=O)CN(C(=O)c1cc(Br)cc(Br)c1)C(C)C. The van der Waals surface area contributed by atoms with Gasteiger partial charge in [0, 0.05) is 20.6 Å². The molecule has 0 atom stereocenters. The average molecular weight is 393 g/mol. The smallest absolute Gasteiger partial charge is 0.325 e. The maximum Gasteiger partial charge on any atom is 0.325 e. The minimum Gasteiger partial charge on any atom is -0.468 e. The summed E-state index contributed by atoms with van der Waals surface area (Å²) in [5.74, 6) is -0.640. The molecule has 4 nitrogen and oxygen atoms in total. The number of esters is 1. The third-order valence-electron chi connectivity index (χ3n) is 2.52. The molecule has 0 aromatic heterocycles. The molecular formula is C13H15Br2NO3. The molecule has 104 valence electrons. The van der Waals surface area contributed by atoms with Crippen LogP contribution in [-0.2, 0) is 9.53 Å². The number of methoxy groups -OCH3 is 1. The van der Waals surface area contributed by atoms with E-state index in [2.05, 4.69) is 36.6 Å². The molecule has 1 amide bonds. The molecule has 0 saturated carbocycles. The summed E-state index contributed by atoms with van der Waals surface area (Å²) in [6.07, 6.45) is 0. The highest BCUT2D eigenvalue weighted by Gasteiger charge is 2.22. The van der Waals surface area contributed by atoms with Crippen LogP contribution in [0.2, 0.25) is 0 Å². The van der Waals surface area contributed by atoms with Crippen molar-refractivity contribution < 1.29 is 14.3 Å². The quantitative estimate of drug-likeness (QED) is 0.739. The number of benzene rings is 1. The van der Waals surface area contributed by atoms with Crippen LogP contribution in [-0.4, -0.2) is 36.5 Å². The van der Waals surface area contributed by atoms with E-state index in [9.17, 15) is 9.59 Å². The Morgan fingerprint density at radius 3 is 2.16 bits per heavy atom. The van der Waals surface area contributed by atoms with Crippen LogP contribution >= 0.6 is 31.9 Å². The number of carbonyl (C=O) groups excluding carboxylic acids is 2. The average Bonchev–Trinajstić information content (AvgIpc) is 2.33. The van der Waals surface area contributed by atoms with Crippen molar-refractivity contribution in [1.82, 2.24) is 4.90 Å². The summed E-state index contributed by atoms with van der Waals surface area (Å²) >= 11 is 6.68. The van der Waals surface area contributed by atoms with Gasteiger partial charge in [0.05, 0.1) is 7.11 Å². The molecule has 0 unspecified atom stereocenters.